The Hall–Kier alpha value is 0.01000. The molecule has 1 aromatic rings. The van der Waals surface area contributed by atoms with E-state index in [9.17, 15) is 0 Å². The first-order valence-corrected chi connectivity index (χ1v) is 7.70. The van der Waals surface area contributed by atoms with E-state index in [0.717, 1.165) is 18.3 Å². The van der Waals surface area contributed by atoms with Crippen molar-refractivity contribution in [3.05, 3.63) is 33.8 Å². The monoisotopic (exact) mass is 301 g/mol. The van der Waals surface area contributed by atoms with Crippen LogP contribution in [0.25, 0.3) is 0 Å². The molecule has 0 fully saturated rings. The van der Waals surface area contributed by atoms with Crippen molar-refractivity contribution in [3.8, 4) is 0 Å². The number of nitrogens with one attached hydrogen (secondary N) is 1. The molecule has 1 rings (SSSR count). The van der Waals surface area contributed by atoms with Gasteiger partial charge in [0.15, 0.2) is 0 Å². The normalized spacial score (nSPS) is 12.8. The SMILES string of the molecule is CSC(C)CCNCc1ccc(Br)c(C)c1. The molecular formula is C13H20BrNS. The van der Waals surface area contributed by atoms with Crippen molar-refractivity contribution in [2.75, 3.05) is 12.8 Å². The lowest BCUT2D eigenvalue weighted by Crippen LogP contribution is -2.17. The number of hydrogen-bond acceptors (Lipinski definition) is 2. The third-order valence-corrected chi connectivity index (χ3v) is 4.61. The van der Waals surface area contributed by atoms with Crippen LogP contribution in [0.3, 0.4) is 0 Å². The standard InChI is InChI=1S/C13H20BrNS/c1-10-8-12(4-5-13(10)14)9-15-7-6-11(2)16-3/h4-5,8,11,15H,6-7,9H2,1-3H3. The summed E-state index contributed by atoms with van der Waals surface area (Å²) in [5.41, 5.74) is 2.66. The predicted molar refractivity (Wildman–Crippen MR) is 78.2 cm³/mol. The largest absolute Gasteiger partial charge is 0.313 e. The average Bonchev–Trinajstić information content (AvgIpc) is 2.28. The summed E-state index contributed by atoms with van der Waals surface area (Å²) in [6.07, 6.45) is 3.40. The second-order valence-electron chi connectivity index (χ2n) is 4.10. The third-order valence-electron chi connectivity index (χ3n) is 2.68. The van der Waals surface area contributed by atoms with E-state index in [4.69, 9.17) is 0 Å². The molecule has 0 bridgehead atoms. The number of benzene rings is 1. The zero-order valence-electron chi connectivity index (χ0n) is 10.2. The van der Waals surface area contributed by atoms with E-state index in [-0.39, 0.29) is 0 Å². The van der Waals surface area contributed by atoms with Gasteiger partial charge in [-0.05, 0) is 43.3 Å². The molecule has 0 heterocycles. The Balaban J connectivity index is 2.29. The zero-order chi connectivity index (χ0) is 12.0. The number of aryl methyl sites for hydroxylation is 1. The van der Waals surface area contributed by atoms with Crippen LogP contribution in [0.1, 0.15) is 24.5 Å². The Morgan fingerprint density at radius 3 is 2.81 bits per heavy atom. The second-order valence-corrected chi connectivity index (χ2v) is 6.23. The topological polar surface area (TPSA) is 12.0 Å². The van der Waals surface area contributed by atoms with Gasteiger partial charge < -0.3 is 5.32 Å². The van der Waals surface area contributed by atoms with Gasteiger partial charge in [0, 0.05) is 16.3 Å². The Bertz CT molecular complexity index is 328. The molecule has 0 aliphatic carbocycles. The van der Waals surface area contributed by atoms with Crippen LogP contribution in [0.15, 0.2) is 22.7 Å². The molecule has 0 amide bonds. The van der Waals surface area contributed by atoms with Crippen LogP contribution in [0.2, 0.25) is 0 Å². The Morgan fingerprint density at radius 1 is 1.44 bits per heavy atom. The molecule has 0 radical (unpaired) electrons. The molecule has 3 heteroatoms. The molecule has 0 spiro atoms. The first-order chi connectivity index (χ1) is 7.63. The lowest BCUT2D eigenvalue weighted by atomic mass is 10.1. The fourth-order valence-electron chi connectivity index (χ4n) is 1.47. The summed E-state index contributed by atoms with van der Waals surface area (Å²) in [5, 5.41) is 4.23. The summed E-state index contributed by atoms with van der Waals surface area (Å²) < 4.78 is 1.19. The van der Waals surface area contributed by atoms with Crippen molar-refractivity contribution in [1.29, 1.82) is 0 Å². The second kappa shape index (κ2) is 7.36. The van der Waals surface area contributed by atoms with Gasteiger partial charge >= 0.3 is 0 Å². The molecule has 0 saturated carbocycles. The van der Waals surface area contributed by atoms with Gasteiger partial charge in [-0.2, -0.15) is 11.8 Å². The summed E-state index contributed by atoms with van der Waals surface area (Å²) in [6.45, 7) is 6.46. The summed E-state index contributed by atoms with van der Waals surface area (Å²) in [4.78, 5) is 0. The first kappa shape index (κ1) is 14.1. The minimum absolute atomic E-state index is 0.749. The Labute approximate surface area is 112 Å². The van der Waals surface area contributed by atoms with Crippen molar-refractivity contribution in [1.82, 2.24) is 5.32 Å². The Kier molecular flexibility index (Phi) is 6.47. The molecule has 1 nitrogen and oxygen atoms in total. The fourth-order valence-corrected chi connectivity index (χ4v) is 2.07. The highest BCUT2D eigenvalue weighted by Crippen LogP contribution is 2.17. The summed E-state index contributed by atoms with van der Waals surface area (Å²) >= 11 is 5.45. The van der Waals surface area contributed by atoms with E-state index in [2.05, 4.69) is 59.5 Å². The van der Waals surface area contributed by atoms with Gasteiger partial charge in [0.05, 0.1) is 0 Å². The van der Waals surface area contributed by atoms with Crippen LogP contribution in [-0.4, -0.2) is 18.1 Å². The van der Waals surface area contributed by atoms with E-state index < -0.39 is 0 Å². The van der Waals surface area contributed by atoms with Gasteiger partial charge in [-0.3, -0.25) is 0 Å². The van der Waals surface area contributed by atoms with E-state index in [1.807, 2.05) is 11.8 Å². The number of halogens is 1. The Morgan fingerprint density at radius 2 is 2.19 bits per heavy atom. The van der Waals surface area contributed by atoms with E-state index in [1.54, 1.807) is 0 Å². The molecule has 1 unspecified atom stereocenters. The minimum atomic E-state index is 0.749. The van der Waals surface area contributed by atoms with E-state index in [1.165, 1.54) is 22.0 Å². The van der Waals surface area contributed by atoms with Crippen molar-refractivity contribution >= 4 is 27.7 Å². The molecule has 0 aromatic heterocycles. The molecule has 90 valence electrons. The maximum absolute atomic E-state index is 3.52. The summed E-state index contributed by atoms with van der Waals surface area (Å²) in [5.74, 6) is 0. The molecule has 16 heavy (non-hydrogen) atoms. The lowest BCUT2D eigenvalue weighted by Gasteiger charge is -2.09. The molecule has 0 aliphatic rings. The van der Waals surface area contributed by atoms with Gasteiger partial charge in [0.2, 0.25) is 0 Å². The lowest BCUT2D eigenvalue weighted by molar-refractivity contribution is 0.648. The fraction of sp³-hybridized carbons (Fsp3) is 0.538. The smallest absolute Gasteiger partial charge is 0.0205 e. The summed E-state index contributed by atoms with van der Waals surface area (Å²) in [7, 11) is 0. The minimum Gasteiger partial charge on any atom is -0.313 e. The van der Waals surface area contributed by atoms with Gasteiger partial charge in [0.25, 0.3) is 0 Å². The highest BCUT2D eigenvalue weighted by molar-refractivity contribution is 9.10. The molecular weight excluding hydrogens is 282 g/mol. The quantitative estimate of drug-likeness (QED) is 0.798. The van der Waals surface area contributed by atoms with Gasteiger partial charge in [0.1, 0.15) is 0 Å². The highest BCUT2D eigenvalue weighted by atomic mass is 79.9. The molecule has 1 N–H and O–H groups in total. The van der Waals surface area contributed by atoms with Crippen molar-refractivity contribution < 1.29 is 0 Å². The van der Waals surface area contributed by atoms with E-state index in [0.29, 0.717) is 0 Å². The maximum Gasteiger partial charge on any atom is 0.0205 e. The molecule has 0 saturated heterocycles. The van der Waals surface area contributed by atoms with Crippen molar-refractivity contribution in [2.24, 2.45) is 0 Å². The maximum atomic E-state index is 3.52. The highest BCUT2D eigenvalue weighted by Gasteiger charge is 1.99. The third kappa shape index (κ3) is 4.89. The molecule has 1 atom stereocenters. The van der Waals surface area contributed by atoms with Crippen LogP contribution in [0.5, 0.6) is 0 Å². The predicted octanol–water partition coefficient (Wildman–Crippen LogP) is 3.99. The first-order valence-electron chi connectivity index (χ1n) is 5.62. The number of thioether (sulfide) groups is 1. The van der Waals surface area contributed by atoms with Crippen LogP contribution in [0, 0.1) is 6.92 Å². The van der Waals surface area contributed by atoms with Crippen LogP contribution < -0.4 is 5.32 Å². The zero-order valence-corrected chi connectivity index (χ0v) is 12.6. The van der Waals surface area contributed by atoms with Crippen LogP contribution >= 0.6 is 27.7 Å². The van der Waals surface area contributed by atoms with Crippen molar-refractivity contribution in [3.63, 3.8) is 0 Å². The van der Waals surface area contributed by atoms with E-state index >= 15 is 0 Å². The number of hydrogen-bond donors (Lipinski definition) is 1. The van der Waals surface area contributed by atoms with Crippen molar-refractivity contribution in [2.45, 2.75) is 32.1 Å². The van der Waals surface area contributed by atoms with Crippen LogP contribution in [-0.2, 0) is 6.54 Å². The molecule has 1 aromatic carbocycles. The molecule has 0 aliphatic heterocycles. The van der Waals surface area contributed by atoms with Gasteiger partial charge in [-0.15, -0.1) is 0 Å². The number of rotatable bonds is 6. The summed E-state index contributed by atoms with van der Waals surface area (Å²) in [6, 6.07) is 6.52. The van der Waals surface area contributed by atoms with Gasteiger partial charge in [-0.25, -0.2) is 0 Å². The average molecular weight is 302 g/mol. The van der Waals surface area contributed by atoms with Gasteiger partial charge in [-0.1, -0.05) is 35.0 Å². The van der Waals surface area contributed by atoms with Crippen LogP contribution in [0.4, 0.5) is 0 Å².